The van der Waals surface area contributed by atoms with Crippen LogP contribution in [0.4, 0.5) is 11.4 Å². The number of aliphatic imine (C=N–C) groups is 1. The Kier molecular flexibility index (Phi) is 4.29. The number of hydrogen-bond donors (Lipinski definition) is 2. The summed E-state index contributed by atoms with van der Waals surface area (Å²) in [6.07, 6.45) is 4.50. The number of amidine groups is 1. The molecule has 2 N–H and O–H groups in total. The van der Waals surface area contributed by atoms with Gasteiger partial charge in [0.25, 0.3) is 0 Å². The van der Waals surface area contributed by atoms with Crippen molar-refractivity contribution >= 4 is 23.0 Å². The van der Waals surface area contributed by atoms with Crippen molar-refractivity contribution in [1.82, 2.24) is 0 Å². The van der Waals surface area contributed by atoms with Gasteiger partial charge in [-0.15, -0.1) is 0 Å². The first-order valence-corrected chi connectivity index (χ1v) is 9.76. The molecular weight excluding hydrogens is 334 g/mol. The van der Waals surface area contributed by atoms with Crippen LogP contribution in [-0.4, -0.2) is 22.7 Å². The Balaban J connectivity index is 1.71. The van der Waals surface area contributed by atoms with Gasteiger partial charge in [-0.05, 0) is 51.8 Å². The third kappa shape index (κ3) is 3.48. The van der Waals surface area contributed by atoms with Gasteiger partial charge >= 0.3 is 0 Å². The van der Waals surface area contributed by atoms with Crippen molar-refractivity contribution in [3.63, 3.8) is 0 Å². The number of carbonyl (C=O) groups excluding carboxylic acids is 1. The van der Waals surface area contributed by atoms with E-state index in [0.29, 0.717) is 11.1 Å². The summed E-state index contributed by atoms with van der Waals surface area (Å²) in [5.41, 5.74) is 3.12. The van der Waals surface area contributed by atoms with E-state index in [0.717, 1.165) is 30.1 Å². The molecule has 1 fully saturated rings. The highest BCUT2D eigenvalue weighted by molar-refractivity contribution is 6.13. The van der Waals surface area contributed by atoms with Gasteiger partial charge in [-0.2, -0.15) is 0 Å². The average molecular weight is 361 g/mol. The Morgan fingerprint density at radius 2 is 1.67 bits per heavy atom. The van der Waals surface area contributed by atoms with E-state index in [9.17, 15) is 4.79 Å². The average Bonchev–Trinajstić information content (AvgIpc) is 3.10. The number of hydrogen-bond acceptors (Lipinski definition) is 3. The second-order valence-electron chi connectivity index (χ2n) is 8.63. The molecule has 1 aliphatic carbocycles. The molecule has 0 amide bonds. The minimum atomic E-state index is -0.144. The monoisotopic (exact) mass is 361 g/mol. The lowest BCUT2D eigenvalue weighted by Gasteiger charge is -2.40. The van der Waals surface area contributed by atoms with Crippen LogP contribution in [0.5, 0.6) is 0 Å². The SMILES string of the molecule is CC(C)(C)N=C1Nc2ccc(C(=O)c3ccccc3)cc2NC12CCCC2. The van der Waals surface area contributed by atoms with Crippen molar-refractivity contribution in [2.24, 2.45) is 4.99 Å². The van der Waals surface area contributed by atoms with Crippen LogP contribution in [-0.2, 0) is 0 Å². The van der Waals surface area contributed by atoms with Crippen molar-refractivity contribution < 1.29 is 4.79 Å². The zero-order chi connectivity index (χ0) is 19.1. The highest BCUT2D eigenvalue weighted by atomic mass is 16.1. The predicted molar refractivity (Wildman–Crippen MR) is 112 cm³/mol. The first kappa shape index (κ1) is 17.8. The highest BCUT2D eigenvalue weighted by Crippen LogP contribution is 2.41. The summed E-state index contributed by atoms with van der Waals surface area (Å²) >= 11 is 0. The van der Waals surface area contributed by atoms with Gasteiger partial charge in [-0.3, -0.25) is 9.79 Å². The molecule has 27 heavy (non-hydrogen) atoms. The zero-order valence-corrected chi connectivity index (χ0v) is 16.3. The van der Waals surface area contributed by atoms with Gasteiger partial charge < -0.3 is 10.6 Å². The van der Waals surface area contributed by atoms with Crippen molar-refractivity contribution in [3.05, 3.63) is 59.7 Å². The minimum Gasteiger partial charge on any atom is -0.371 e. The van der Waals surface area contributed by atoms with Crippen LogP contribution in [0, 0.1) is 0 Å². The summed E-state index contributed by atoms with van der Waals surface area (Å²) < 4.78 is 0. The largest absolute Gasteiger partial charge is 0.371 e. The molecule has 2 aromatic rings. The molecule has 0 unspecified atom stereocenters. The molecule has 0 aromatic heterocycles. The van der Waals surface area contributed by atoms with E-state index < -0.39 is 0 Å². The Morgan fingerprint density at radius 3 is 2.33 bits per heavy atom. The standard InChI is InChI=1S/C23H27N3O/c1-22(2,3)26-21-23(13-7-8-14-23)25-19-15-17(11-12-18(19)24-21)20(27)16-9-5-4-6-10-16/h4-6,9-12,15,25H,7-8,13-14H2,1-3H3,(H,24,26). The molecular formula is C23H27N3O. The normalized spacial score (nSPS) is 19.4. The van der Waals surface area contributed by atoms with E-state index in [1.54, 1.807) is 0 Å². The number of benzene rings is 2. The van der Waals surface area contributed by atoms with Crippen LogP contribution < -0.4 is 10.6 Å². The third-order valence-corrected chi connectivity index (χ3v) is 5.30. The van der Waals surface area contributed by atoms with E-state index >= 15 is 0 Å². The smallest absolute Gasteiger partial charge is 0.193 e. The molecule has 1 saturated carbocycles. The van der Waals surface area contributed by atoms with Gasteiger partial charge in [0, 0.05) is 11.1 Å². The summed E-state index contributed by atoms with van der Waals surface area (Å²) in [6, 6.07) is 15.3. The van der Waals surface area contributed by atoms with Crippen LogP contribution >= 0.6 is 0 Å². The van der Waals surface area contributed by atoms with E-state index in [1.807, 2.05) is 48.5 Å². The quantitative estimate of drug-likeness (QED) is 0.717. The fourth-order valence-electron chi connectivity index (χ4n) is 4.03. The number of carbonyl (C=O) groups is 1. The Labute approximate surface area is 161 Å². The van der Waals surface area contributed by atoms with Crippen LogP contribution in [0.1, 0.15) is 62.4 Å². The molecule has 1 spiro atoms. The van der Waals surface area contributed by atoms with Crippen molar-refractivity contribution in [2.45, 2.75) is 57.5 Å². The summed E-state index contributed by atoms with van der Waals surface area (Å²) in [6.45, 7) is 6.38. The molecule has 2 aliphatic rings. The van der Waals surface area contributed by atoms with E-state index in [-0.39, 0.29) is 16.9 Å². The van der Waals surface area contributed by atoms with Crippen LogP contribution in [0.25, 0.3) is 0 Å². The zero-order valence-electron chi connectivity index (χ0n) is 16.3. The number of nitrogens with one attached hydrogen (secondary N) is 2. The van der Waals surface area contributed by atoms with Crippen LogP contribution in [0.3, 0.4) is 0 Å². The maximum atomic E-state index is 12.8. The first-order valence-electron chi connectivity index (χ1n) is 9.76. The number of anilines is 2. The molecule has 0 bridgehead atoms. The van der Waals surface area contributed by atoms with Crippen LogP contribution in [0.2, 0.25) is 0 Å². The maximum Gasteiger partial charge on any atom is 0.193 e. The number of nitrogens with zero attached hydrogens (tertiary/aromatic N) is 1. The lowest BCUT2D eigenvalue weighted by molar-refractivity contribution is 0.103. The molecule has 140 valence electrons. The predicted octanol–water partition coefficient (Wildman–Crippen LogP) is 5.26. The number of fused-ring (bicyclic) bond motifs is 1. The fraction of sp³-hybridized carbons (Fsp3) is 0.391. The summed E-state index contributed by atoms with van der Waals surface area (Å²) in [5.74, 6) is 1.08. The summed E-state index contributed by atoms with van der Waals surface area (Å²) in [7, 11) is 0. The first-order chi connectivity index (χ1) is 12.9. The number of ketones is 1. The molecule has 0 atom stereocenters. The molecule has 2 aromatic carbocycles. The molecule has 4 nitrogen and oxygen atoms in total. The van der Waals surface area contributed by atoms with Crippen molar-refractivity contribution in [1.29, 1.82) is 0 Å². The molecule has 1 heterocycles. The highest BCUT2D eigenvalue weighted by Gasteiger charge is 2.43. The van der Waals surface area contributed by atoms with Crippen molar-refractivity contribution in [2.75, 3.05) is 10.6 Å². The lowest BCUT2D eigenvalue weighted by Crippen LogP contribution is -2.51. The lowest BCUT2D eigenvalue weighted by atomic mass is 9.90. The van der Waals surface area contributed by atoms with Gasteiger partial charge in [0.15, 0.2) is 5.78 Å². The number of rotatable bonds is 2. The van der Waals surface area contributed by atoms with Gasteiger partial charge in [0.1, 0.15) is 5.84 Å². The Hall–Kier alpha value is -2.62. The van der Waals surface area contributed by atoms with Crippen LogP contribution in [0.15, 0.2) is 53.5 Å². The fourth-order valence-corrected chi connectivity index (χ4v) is 4.03. The Bertz CT molecular complexity index is 888. The van der Waals surface area contributed by atoms with Gasteiger partial charge in [0.05, 0.1) is 22.5 Å². The van der Waals surface area contributed by atoms with Gasteiger partial charge in [-0.25, -0.2) is 0 Å². The molecule has 4 rings (SSSR count). The molecule has 1 aliphatic heterocycles. The molecule has 4 heteroatoms. The summed E-state index contributed by atoms with van der Waals surface area (Å²) in [5, 5.41) is 7.31. The second-order valence-corrected chi connectivity index (χ2v) is 8.63. The molecule has 0 saturated heterocycles. The Morgan fingerprint density at radius 1 is 0.963 bits per heavy atom. The summed E-state index contributed by atoms with van der Waals surface area (Å²) in [4.78, 5) is 17.8. The minimum absolute atomic E-state index is 0.0508. The third-order valence-electron chi connectivity index (χ3n) is 5.30. The van der Waals surface area contributed by atoms with Crippen molar-refractivity contribution in [3.8, 4) is 0 Å². The van der Waals surface area contributed by atoms with Gasteiger partial charge in [0.2, 0.25) is 0 Å². The van der Waals surface area contributed by atoms with Gasteiger partial charge in [-0.1, -0.05) is 43.2 Å². The topological polar surface area (TPSA) is 53.5 Å². The molecule has 0 radical (unpaired) electrons. The van der Waals surface area contributed by atoms with E-state index in [1.165, 1.54) is 12.8 Å². The van der Waals surface area contributed by atoms with E-state index in [2.05, 4.69) is 31.4 Å². The van der Waals surface area contributed by atoms with E-state index in [4.69, 9.17) is 4.99 Å². The maximum absolute atomic E-state index is 12.8. The second kappa shape index (κ2) is 6.52.